The third-order valence-corrected chi connectivity index (χ3v) is 4.09. The molecule has 2 rings (SSSR count). The number of piperidine rings is 1. The van der Waals surface area contributed by atoms with Crippen molar-refractivity contribution in [2.45, 2.75) is 39.3 Å². The van der Waals surface area contributed by atoms with Crippen molar-refractivity contribution in [2.75, 3.05) is 13.1 Å². The second-order valence-corrected chi connectivity index (χ2v) is 6.34. The van der Waals surface area contributed by atoms with Crippen LogP contribution in [-0.2, 0) is 16.1 Å². The first-order valence-electron chi connectivity index (χ1n) is 8.44. The first-order chi connectivity index (χ1) is 11.5. The summed E-state index contributed by atoms with van der Waals surface area (Å²) >= 11 is 0. The summed E-state index contributed by atoms with van der Waals surface area (Å²) in [6.45, 7) is 9.17. The fourth-order valence-corrected chi connectivity index (χ4v) is 2.83. The maximum absolute atomic E-state index is 12.3. The Morgan fingerprint density at radius 3 is 2.71 bits per heavy atom. The Morgan fingerprint density at radius 2 is 2.08 bits per heavy atom. The quantitative estimate of drug-likeness (QED) is 0.816. The molecule has 0 bridgehead atoms. The minimum atomic E-state index is -0.0594. The van der Waals surface area contributed by atoms with Gasteiger partial charge in [-0.25, -0.2) is 0 Å². The number of ether oxygens (including phenoxy) is 1. The first-order valence-corrected chi connectivity index (χ1v) is 8.44. The van der Waals surface area contributed by atoms with E-state index in [1.54, 1.807) is 4.90 Å². The van der Waals surface area contributed by atoms with E-state index in [0.29, 0.717) is 32.5 Å². The Hall–Kier alpha value is -2.30. The third kappa shape index (κ3) is 5.11. The van der Waals surface area contributed by atoms with Gasteiger partial charge >= 0.3 is 0 Å². The van der Waals surface area contributed by atoms with Crippen LogP contribution < -0.4 is 10.1 Å². The molecule has 0 unspecified atom stereocenters. The topological polar surface area (TPSA) is 58.6 Å². The van der Waals surface area contributed by atoms with Gasteiger partial charge < -0.3 is 15.0 Å². The van der Waals surface area contributed by atoms with Gasteiger partial charge in [0, 0.05) is 25.6 Å². The zero-order chi connectivity index (χ0) is 17.5. The molecule has 0 atom stereocenters. The van der Waals surface area contributed by atoms with E-state index in [1.807, 2.05) is 38.1 Å². The van der Waals surface area contributed by atoms with Crippen LogP contribution in [0.3, 0.4) is 0 Å². The highest BCUT2D eigenvalue weighted by Gasteiger charge is 2.26. The Morgan fingerprint density at radius 1 is 1.38 bits per heavy atom. The molecule has 1 aliphatic rings. The summed E-state index contributed by atoms with van der Waals surface area (Å²) in [5.41, 5.74) is 1.01. The van der Waals surface area contributed by atoms with Gasteiger partial charge in [0.05, 0.1) is 6.10 Å². The summed E-state index contributed by atoms with van der Waals surface area (Å²) in [6.07, 6.45) is 2.84. The molecule has 1 aromatic rings. The van der Waals surface area contributed by atoms with Gasteiger partial charge in [-0.05, 0) is 50.5 Å². The molecule has 0 aliphatic carbocycles. The molecule has 24 heavy (non-hydrogen) atoms. The Labute approximate surface area is 143 Å². The van der Waals surface area contributed by atoms with Crippen LogP contribution >= 0.6 is 0 Å². The summed E-state index contributed by atoms with van der Waals surface area (Å²) in [4.78, 5) is 25.6. The molecule has 0 spiro atoms. The number of carbonyl (C=O) groups excluding carboxylic acids is 2. The van der Waals surface area contributed by atoms with Crippen LogP contribution in [0.15, 0.2) is 36.9 Å². The van der Waals surface area contributed by atoms with E-state index in [0.717, 1.165) is 11.3 Å². The molecule has 1 aliphatic heterocycles. The van der Waals surface area contributed by atoms with Crippen LogP contribution in [0.2, 0.25) is 0 Å². The van der Waals surface area contributed by atoms with Crippen molar-refractivity contribution >= 4 is 11.8 Å². The van der Waals surface area contributed by atoms with E-state index in [2.05, 4.69) is 11.9 Å². The number of amides is 2. The lowest BCUT2D eigenvalue weighted by molar-refractivity contribution is -0.132. The number of benzene rings is 1. The molecule has 1 aromatic carbocycles. The van der Waals surface area contributed by atoms with E-state index < -0.39 is 0 Å². The molecule has 0 saturated carbocycles. The maximum atomic E-state index is 12.3. The Bertz CT molecular complexity index is 590. The van der Waals surface area contributed by atoms with Crippen molar-refractivity contribution in [2.24, 2.45) is 5.92 Å². The lowest BCUT2D eigenvalue weighted by Gasteiger charge is -2.30. The standard InChI is InChI=1S/C19H26N2O3/c1-4-18(22)21-10-8-16(9-11-21)19(23)20-13-15-6-5-7-17(12-15)24-14(2)3/h4-7,12,14,16H,1,8-11,13H2,2-3H3,(H,20,23). The highest BCUT2D eigenvalue weighted by molar-refractivity contribution is 5.87. The molecule has 5 heteroatoms. The van der Waals surface area contributed by atoms with Crippen molar-refractivity contribution in [3.63, 3.8) is 0 Å². The molecule has 0 aromatic heterocycles. The fraction of sp³-hybridized carbons (Fsp3) is 0.474. The second kappa shape index (κ2) is 8.52. The van der Waals surface area contributed by atoms with Gasteiger partial charge in [-0.15, -0.1) is 0 Å². The van der Waals surface area contributed by atoms with Crippen LogP contribution in [0.25, 0.3) is 0 Å². The van der Waals surface area contributed by atoms with Crippen molar-refractivity contribution in [1.29, 1.82) is 0 Å². The fourth-order valence-electron chi connectivity index (χ4n) is 2.83. The van der Waals surface area contributed by atoms with Gasteiger partial charge in [0.15, 0.2) is 0 Å². The van der Waals surface area contributed by atoms with E-state index in [9.17, 15) is 9.59 Å². The summed E-state index contributed by atoms with van der Waals surface area (Å²) in [5.74, 6) is 0.772. The largest absolute Gasteiger partial charge is 0.491 e. The van der Waals surface area contributed by atoms with Gasteiger partial charge in [-0.3, -0.25) is 9.59 Å². The third-order valence-electron chi connectivity index (χ3n) is 4.09. The molecular weight excluding hydrogens is 304 g/mol. The molecule has 1 saturated heterocycles. The number of nitrogens with one attached hydrogen (secondary N) is 1. The van der Waals surface area contributed by atoms with Gasteiger partial charge in [-0.1, -0.05) is 18.7 Å². The van der Waals surface area contributed by atoms with Gasteiger partial charge in [0.1, 0.15) is 5.75 Å². The van der Waals surface area contributed by atoms with Crippen molar-refractivity contribution in [1.82, 2.24) is 10.2 Å². The molecule has 130 valence electrons. The van der Waals surface area contributed by atoms with E-state index >= 15 is 0 Å². The summed E-state index contributed by atoms with van der Waals surface area (Å²) in [6, 6.07) is 7.76. The first kappa shape index (κ1) is 18.0. The predicted molar refractivity (Wildman–Crippen MR) is 93.6 cm³/mol. The molecule has 0 radical (unpaired) electrons. The number of nitrogens with zero attached hydrogens (tertiary/aromatic N) is 1. The second-order valence-electron chi connectivity index (χ2n) is 6.34. The van der Waals surface area contributed by atoms with E-state index in [-0.39, 0.29) is 23.8 Å². The normalized spacial score (nSPS) is 15.2. The number of rotatable bonds is 6. The van der Waals surface area contributed by atoms with Crippen LogP contribution in [0, 0.1) is 5.92 Å². The zero-order valence-corrected chi connectivity index (χ0v) is 14.5. The maximum Gasteiger partial charge on any atom is 0.245 e. The number of carbonyl (C=O) groups is 2. The summed E-state index contributed by atoms with van der Waals surface area (Å²) in [5, 5.41) is 2.99. The smallest absolute Gasteiger partial charge is 0.245 e. The number of likely N-dealkylation sites (tertiary alicyclic amines) is 1. The van der Waals surface area contributed by atoms with Gasteiger partial charge in [0.25, 0.3) is 0 Å². The zero-order valence-electron chi connectivity index (χ0n) is 14.5. The summed E-state index contributed by atoms with van der Waals surface area (Å²) < 4.78 is 5.66. The predicted octanol–water partition coefficient (Wildman–Crippen LogP) is 2.51. The van der Waals surface area contributed by atoms with Crippen molar-refractivity contribution in [3.05, 3.63) is 42.5 Å². The molecule has 5 nitrogen and oxygen atoms in total. The van der Waals surface area contributed by atoms with Crippen molar-refractivity contribution < 1.29 is 14.3 Å². The molecule has 1 N–H and O–H groups in total. The molecule has 1 fully saturated rings. The monoisotopic (exact) mass is 330 g/mol. The van der Waals surface area contributed by atoms with Crippen LogP contribution in [0.4, 0.5) is 0 Å². The van der Waals surface area contributed by atoms with Crippen molar-refractivity contribution in [3.8, 4) is 5.75 Å². The minimum absolute atomic E-state index is 0.0334. The number of hydrogen-bond donors (Lipinski definition) is 1. The van der Waals surface area contributed by atoms with E-state index in [4.69, 9.17) is 4.74 Å². The highest BCUT2D eigenvalue weighted by atomic mass is 16.5. The molecule has 1 heterocycles. The molecule has 2 amide bonds. The Kier molecular flexibility index (Phi) is 6.41. The lowest BCUT2D eigenvalue weighted by atomic mass is 9.95. The van der Waals surface area contributed by atoms with Gasteiger partial charge in [0.2, 0.25) is 11.8 Å². The summed E-state index contributed by atoms with van der Waals surface area (Å²) in [7, 11) is 0. The lowest BCUT2D eigenvalue weighted by Crippen LogP contribution is -2.42. The highest BCUT2D eigenvalue weighted by Crippen LogP contribution is 2.18. The van der Waals surface area contributed by atoms with Crippen LogP contribution in [-0.4, -0.2) is 35.9 Å². The Balaban J connectivity index is 1.81. The SMILES string of the molecule is C=CC(=O)N1CCC(C(=O)NCc2cccc(OC(C)C)c2)CC1. The van der Waals surface area contributed by atoms with Crippen LogP contribution in [0.5, 0.6) is 5.75 Å². The van der Waals surface area contributed by atoms with Crippen LogP contribution in [0.1, 0.15) is 32.3 Å². The number of hydrogen-bond acceptors (Lipinski definition) is 3. The minimum Gasteiger partial charge on any atom is -0.491 e. The molecular formula is C19H26N2O3. The average molecular weight is 330 g/mol. The average Bonchev–Trinajstić information content (AvgIpc) is 2.59. The van der Waals surface area contributed by atoms with Gasteiger partial charge in [-0.2, -0.15) is 0 Å². The van der Waals surface area contributed by atoms with E-state index in [1.165, 1.54) is 6.08 Å².